The van der Waals surface area contributed by atoms with E-state index in [0.29, 0.717) is 5.82 Å². The molecule has 5 aromatic carbocycles. The molecule has 0 saturated heterocycles. The van der Waals surface area contributed by atoms with E-state index in [0.717, 1.165) is 84.5 Å². The highest BCUT2D eigenvalue weighted by Gasteiger charge is 2.23. The van der Waals surface area contributed by atoms with Gasteiger partial charge in [-0.25, -0.2) is 19.9 Å². The Morgan fingerprint density at radius 2 is 1.11 bits per heavy atom. The smallest absolute Gasteiger partial charge is 0.165 e. The topological polar surface area (TPSA) is 56.0 Å². The van der Waals surface area contributed by atoms with Crippen LogP contribution in [0.3, 0.4) is 0 Å². The van der Waals surface area contributed by atoms with Crippen molar-refractivity contribution >= 4 is 33.2 Å². The molecule has 5 nitrogen and oxygen atoms in total. The van der Waals surface area contributed by atoms with Gasteiger partial charge in [-0.2, -0.15) is 0 Å². The molecule has 0 saturated carbocycles. The summed E-state index contributed by atoms with van der Waals surface area (Å²) in [6.45, 7) is 0. The quantitative estimate of drug-likeness (QED) is 0.175. The SMILES string of the molecule is C1=CC(c2nc3c(nc4ccccn43)c3ccccc23)CC(c2cccc(-c3nc(-c4ccccc4)c(-c4ccccc4)c(-c4ccccc4)n3)c2)=C1. The van der Waals surface area contributed by atoms with E-state index in [1.807, 2.05) is 42.6 Å². The van der Waals surface area contributed by atoms with Crippen molar-refractivity contribution in [2.24, 2.45) is 0 Å². The molecule has 4 heterocycles. The number of fused-ring (bicyclic) bond motifs is 5. The minimum absolute atomic E-state index is 0.0954. The molecule has 0 amide bonds. The minimum atomic E-state index is 0.0954. The van der Waals surface area contributed by atoms with Gasteiger partial charge in [0.05, 0.1) is 17.1 Å². The molecule has 0 fully saturated rings. The molecule has 0 radical (unpaired) electrons. The molecule has 0 N–H and O–H groups in total. The number of allylic oxidation sites excluding steroid dienone is 4. The summed E-state index contributed by atoms with van der Waals surface area (Å²) in [4.78, 5) is 21.0. The lowest BCUT2D eigenvalue weighted by Gasteiger charge is -2.21. The standard InChI is InChI=1S/C48H33N5/c1-4-16-32(17-5-1)42-44(33-18-6-2-7-19-33)50-47(51-45(42)34-20-8-3-9-21-34)38-25-15-23-36(31-38)35-22-14-24-37(30-35)43-39-26-10-11-27-40(39)46-48(52-43)53-29-13-12-28-41(53)49-46/h1-29,31,37H,30H2. The monoisotopic (exact) mass is 679 g/mol. The Balaban J connectivity index is 1.08. The molecule has 0 spiro atoms. The highest BCUT2D eigenvalue weighted by Crippen LogP contribution is 2.41. The van der Waals surface area contributed by atoms with Gasteiger partial charge >= 0.3 is 0 Å². The fraction of sp³-hybridized carbons (Fsp3) is 0.0417. The Labute approximate surface area is 307 Å². The number of imidazole rings is 1. The number of hydrogen-bond donors (Lipinski definition) is 0. The summed E-state index contributed by atoms with van der Waals surface area (Å²) >= 11 is 0. The fourth-order valence-electron chi connectivity index (χ4n) is 7.66. The summed E-state index contributed by atoms with van der Waals surface area (Å²) in [5.41, 5.74) is 13.2. The van der Waals surface area contributed by atoms with Crippen LogP contribution in [0.5, 0.6) is 0 Å². The average Bonchev–Trinajstić information content (AvgIpc) is 3.63. The molecular formula is C48H33N5. The molecule has 1 unspecified atom stereocenters. The first-order valence-electron chi connectivity index (χ1n) is 18.0. The second-order valence-corrected chi connectivity index (χ2v) is 13.4. The zero-order chi connectivity index (χ0) is 35.1. The first-order valence-corrected chi connectivity index (χ1v) is 18.0. The number of rotatable bonds is 6. The van der Waals surface area contributed by atoms with Gasteiger partial charge in [-0.3, -0.25) is 4.40 Å². The van der Waals surface area contributed by atoms with Crippen LogP contribution >= 0.6 is 0 Å². The van der Waals surface area contributed by atoms with E-state index < -0.39 is 0 Å². The highest BCUT2D eigenvalue weighted by atomic mass is 15.1. The maximum absolute atomic E-state index is 5.34. The zero-order valence-electron chi connectivity index (χ0n) is 28.8. The lowest BCUT2D eigenvalue weighted by Crippen LogP contribution is -2.05. The number of benzene rings is 5. The van der Waals surface area contributed by atoms with Gasteiger partial charge in [0.2, 0.25) is 0 Å². The van der Waals surface area contributed by atoms with E-state index in [9.17, 15) is 0 Å². The van der Waals surface area contributed by atoms with Crippen molar-refractivity contribution in [3.8, 4) is 45.0 Å². The number of hydrogen-bond acceptors (Lipinski definition) is 4. The summed E-state index contributed by atoms with van der Waals surface area (Å²) < 4.78 is 2.09. The third kappa shape index (κ3) is 5.51. The van der Waals surface area contributed by atoms with Gasteiger partial charge < -0.3 is 0 Å². The summed E-state index contributed by atoms with van der Waals surface area (Å²) in [7, 11) is 0. The van der Waals surface area contributed by atoms with E-state index >= 15 is 0 Å². The molecule has 0 bridgehead atoms. The van der Waals surface area contributed by atoms with Crippen LogP contribution in [-0.4, -0.2) is 24.3 Å². The lowest BCUT2D eigenvalue weighted by atomic mass is 9.85. The summed E-state index contributed by atoms with van der Waals surface area (Å²) in [6, 6.07) is 54.7. The van der Waals surface area contributed by atoms with E-state index in [1.165, 1.54) is 5.57 Å². The van der Waals surface area contributed by atoms with Crippen molar-refractivity contribution < 1.29 is 0 Å². The summed E-state index contributed by atoms with van der Waals surface area (Å²) in [6.07, 6.45) is 9.55. The number of pyridine rings is 2. The molecule has 1 aliphatic rings. The highest BCUT2D eigenvalue weighted by molar-refractivity contribution is 6.05. The first kappa shape index (κ1) is 30.8. The van der Waals surface area contributed by atoms with Crippen molar-refractivity contribution in [3.63, 3.8) is 0 Å². The Kier molecular flexibility index (Phi) is 7.54. The average molecular weight is 680 g/mol. The summed E-state index contributed by atoms with van der Waals surface area (Å²) in [5, 5.41) is 2.27. The van der Waals surface area contributed by atoms with Gasteiger partial charge in [-0.05, 0) is 41.3 Å². The van der Waals surface area contributed by atoms with E-state index in [1.54, 1.807) is 0 Å². The molecule has 4 aromatic heterocycles. The Morgan fingerprint density at radius 1 is 0.509 bits per heavy atom. The van der Waals surface area contributed by atoms with Crippen molar-refractivity contribution in [3.05, 3.63) is 193 Å². The summed E-state index contributed by atoms with van der Waals surface area (Å²) in [5.74, 6) is 0.788. The van der Waals surface area contributed by atoms with Gasteiger partial charge in [0, 0.05) is 45.1 Å². The predicted octanol–water partition coefficient (Wildman–Crippen LogP) is 11.6. The van der Waals surface area contributed by atoms with E-state index in [2.05, 4.69) is 144 Å². The lowest BCUT2D eigenvalue weighted by molar-refractivity contribution is 0.841. The van der Waals surface area contributed by atoms with Crippen LogP contribution in [0.2, 0.25) is 0 Å². The largest absolute Gasteiger partial charge is 0.284 e. The first-order chi connectivity index (χ1) is 26.3. The van der Waals surface area contributed by atoms with Crippen LogP contribution in [0.25, 0.3) is 78.2 Å². The zero-order valence-corrected chi connectivity index (χ0v) is 28.8. The van der Waals surface area contributed by atoms with E-state index in [-0.39, 0.29) is 5.92 Å². The number of nitrogens with zero attached hydrogens (tertiary/aromatic N) is 5. The predicted molar refractivity (Wildman–Crippen MR) is 216 cm³/mol. The molecular weight excluding hydrogens is 647 g/mol. The third-order valence-corrected chi connectivity index (χ3v) is 10.2. The van der Waals surface area contributed by atoms with Crippen LogP contribution in [-0.2, 0) is 0 Å². The third-order valence-electron chi connectivity index (χ3n) is 10.2. The van der Waals surface area contributed by atoms with Gasteiger partial charge in [-0.15, -0.1) is 0 Å². The number of aromatic nitrogens is 5. The fourth-order valence-corrected chi connectivity index (χ4v) is 7.66. The maximum atomic E-state index is 5.34. The van der Waals surface area contributed by atoms with Gasteiger partial charge in [0.25, 0.3) is 0 Å². The second kappa shape index (κ2) is 13.0. The molecule has 9 aromatic rings. The molecule has 1 atom stereocenters. The normalized spacial score (nSPS) is 14.2. The van der Waals surface area contributed by atoms with Gasteiger partial charge in [-0.1, -0.05) is 158 Å². The second-order valence-electron chi connectivity index (χ2n) is 13.4. The maximum Gasteiger partial charge on any atom is 0.165 e. The van der Waals surface area contributed by atoms with Gasteiger partial charge in [0.1, 0.15) is 11.2 Å². The van der Waals surface area contributed by atoms with E-state index in [4.69, 9.17) is 19.9 Å². The minimum Gasteiger partial charge on any atom is -0.284 e. The molecule has 1 aliphatic carbocycles. The molecule has 10 rings (SSSR count). The van der Waals surface area contributed by atoms with Gasteiger partial charge in [0.15, 0.2) is 11.5 Å². The van der Waals surface area contributed by atoms with Crippen LogP contribution in [0, 0.1) is 0 Å². The van der Waals surface area contributed by atoms with Crippen molar-refractivity contribution in [1.82, 2.24) is 24.3 Å². The van der Waals surface area contributed by atoms with Crippen molar-refractivity contribution in [1.29, 1.82) is 0 Å². The Bertz CT molecular complexity index is 2790. The van der Waals surface area contributed by atoms with Crippen LogP contribution < -0.4 is 0 Å². The molecule has 5 heteroatoms. The molecule has 250 valence electrons. The van der Waals surface area contributed by atoms with Crippen LogP contribution in [0.1, 0.15) is 23.6 Å². The van der Waals surface area contributed by atoms with Crippen LogP contribution in [0.4, 0.5) is 0 Å². The van der Waals surface area contributed by atoms with Crippen LogP contribution in [0.15, 0.2) is 182 Å². The molecule has 53 heavy (non-hydrogen) atoms. The Hall–Kier alpha value is -6.98. The van der Waals surface area contributed by atoms with Crippen molar-refractivity contribution in [2.75, 3.05) is 0 Å². The molecule has 0 aliphatic heterocycles. The van der Waals surface area contributed by atoms with Crippen molar-refractivity contribution in [2.45, 2.75) is 12.3 Å². The Morgan fingerprint density at radius 3 is 1.83 bits per heavy atom.